The van der Waals surface area contributed by atoms with Gasteiger partial charge in [-0.15, -0.1) is 0 Å². The van der Waals surface area contributed by atoms with E-state index in [4.69, 9.17) is 4.74 Å². The number of hydrogen-bond acceptors (Lipinski definition) is 3. The van der Waals surface area contributed by atoms with E-state index in [1.807, 2.05) is 24.3 Å². The summed E-state index contributed by atoms with van der Waals surface area (Å²) in [6, 6.07) is 8.10. The van der Waals surface area contributed by atoms with Crippen molar-refractivity contribution in [3.05, 3.63) is 24.3 Å². The quantitative estimate of drug-likeness (QED) is 0.870. The van der Waals surface area contributed by atoms with Gasteiger partial charge in [0.05, 0.1) is 11.0 Å². The summed E-state index contributed by atoms with van der Waals surface area (Å²) in [5, 5.41) is 3.37. The minimum absolute atomic E-state index is 0.802. The van der Waals surface area contributed by atoms with Crippen LogP contribution in [0.25, 0.3) is 11.0 Å². The third kappa shape index (κ3) is 2.64. The number of rotatable bonds is 4. The van der Waals surface area contributed by atoms with E-state index in [1.165, 1.54) is 19.3 Å². The van der Waals surface area contributed by atoms with Gasteiger partial charge in [-0.2, -0.15) is 0 Å². The number of nitrogens with one attached hydrogen (secondary N) is 2. The van der Waals surface area contributed by atoms with Gasteiger partial charge < -0.3 is 15.0 Å². The molecule has 4 heteroatoms. The average Bonchev–Trinajstić information content (AvgIpc) is 2.82. The third-order valence-electron chi connectivity index (χ3n) is 3.58. The van der Waals surface area contributed by atoms with Crippen molar-refractivity contribution in [1.29, 1.82) is 0 Å². The molecule has 1 saturated heterocycles. The second-order valence-electron chi connectivity index (χ2n) is 4.87. The molecule has 1 aliphatic heterocycles. The normalized spacial score (nSPS) is 17.1. The first kappa shape index (κ1) is 11.5. The number of anilines is 1. The molecule has 96 valence electrons. The maximum atomic E-state index is 5.37. The first-order chi connectivity index (χ1) is 8.92. The molecule has 2 aromatic rings. The second-order valence-corrected chi connectivity index (χ2v) is 4.87. The Morgan fingerprint density at radius 1 is 1.28 bits per heavy atom. The molecule has 18 heavy (non-hydrogen) atoms. The molecule has 0 aliphatic carbocycles. The highest BCUT2D eigenvalue weighted by Crippen LogP contribution is 2.19. The van der Waals surface area contributed by atoms with Crippen molar-refractivity contribution in [1.82, 2.24) is 9.97 Å². The fraction of sp³-hybridized carbons (Fsp3) is 0.500. The van der Waals surface area contributed by atoms with Crippen LogP contribution in [0.1, 0.15) is 19.3 Å². The minimum atomic E-state index is 0.802. The van der Waals surface area contributed by atoms with Gasteiger partial charge in [-0.3, -0.25) is 0 Å². The summed E-state index contributed by atoms with van der Waals surface area (Å²) >= 11 is 0. The van der Waals surface area contributed by atoms with Gasteiger partial charge in [0.15, 0.2) is 0 Å². The summed E-state index contributed by atoms with van der Waals surface area (Å²) in [6.07, 6.45) is 3.59. The molecule has 0 spiro atoms. The van der Waals surface area contributed by atoms with Crippen molar-refractivity contribution in [2.75, 3.05) is 25.1 Å². The number of aromatic nitrogens is 2. The van der Waals surface area contributed by atoms with Crippen LogP contribution in [0.2, 0.25) is 0 Å². The molecular weight excluding hydrogens is 226 g/mol. The van der Waals surface area contributed by atoms with E-state index in [1.54, 1.807) is 0 Å². The Morgan fingerprint density at radius 3 is 2.94 bits per heavy atom. The van der Waals surface area contributed by atoms with Crippen molar-refractivity contribution in [3.63, 3.8) is 0 Å². The molecule has 1 fully saturated rings. The molecule has 0 amide bonds. The van der Waals surface area contributed by atoms with E-state index < -0.39 is 0 Å². The van der Waals surface area contributed by atoms with Gasteiger partial charge in [-0.05, 0) is 37.3 Å². The highest BCUT2D eigenvalue weighted by Gasteiger charge is 2.13. The molecule has 2 N–H and O–H groups in total. The molecular formula is C14H19N3O. The zero-order valence-corrected chi connectivity index (χ0v) is 10.5. The fourth-order valence-electron chi connectivity index (χ4n) is 2.47. The molecule has 3 rings (SSSR count). The van der Waals surface area contributed by atoms with E-state index in [2.05, 4.69) is 15.3 Å². The minimum Gasteiger partial charge on any atom is -0.381 e. The monoisotopic (exact) mass is 245 g/mol. The lowest BCUT2D eigenvalue weighted by molar-refractivity contribution is 0.0649. The number of hydrogen-bond donors (Lipinski definition) is 2. The number of nitrogens with zero attached hydrogens (tertiary/aromatic N) is 1. The van der Waals surface area contributed by atoms with Crippen LogP contribution in [0.5, 0.6) is 0 Å². The van der Waals surface area contributed by atoms with Crippen LogP contribution in [-0.4, -0.2) is 29.7 Å². The predicted molar refractivity (Wildman–Crippen MR) is 72.7 cm³/mol. The molecule has 0 bridgehead atoms. The highest BCUT2D eigenvalue weighted by atomic mass is 16.5. The molecule has 1 aromatic heterocycles. The van der Waals surface area contributed by atoms with Gasteiger partial charge in [0.2, 0.25) is 5.95 Å². The van der Waals surface area contributed by atoms with Crippen LogP contribution in [0.15, 0.2) is 24.3 Å². The largest absolute Gasteiger partial charge is 0.381 e. The maximum Gasteiger partial charge on any atom is 0.201 e. The van der Waals surface area contributed by atoms with Crippen LogP contribution in [0.3, 0.4) is 0 Å². The standard InChI is InChI=1S/C14H19N3O/c1-2-4-13-12(3-1)16-14(17-13)15-8-5-11-6-9-18-10-7-11/h1-4,11H,5-10H2,(H2,15,16,17). The van der Waals surface area contributed by atoms with Gasteiger partial charge in [0.1, 0.15) is 0 Å². The Kier molecular flexibility index (Phi) is 3.46. The van der Waals surface area contributed by atoms with Crippen LogP contribution in [0, 0.1) is 5.92 Å². The lowest BCUT2D eigenvalue weighted by Crippen LogP contribution is -2.18. The maximum absolute atomic E-state index is 5.37. The van der Waals surface area contributed by atoms with Gasteiger partial charge >= 0.3 is 0 Å². The van der Waals surface area contributed by atoms with Crippen molar-refractivity contribution in [2.24, 2.45) is 5.92 Å². The van der Waals surface area contributed by atoms with Gasteiger partial charge in [-0.1, -0.05) is 12.1 Å². The number of ether oxygens (including phenoxy) is 1. The molecule has 0 saturated carbocycles. The van der Waals surface area contributed by atoms with Gasteiger partial charge in [0.25, 0.3) is 0 Å². The Hall–Kier alpha value is -1.55. The van der Waals surface area contributed by atoms with Crippen LogP contribution >= 0.6 is 0 Å². The van der Waals surface area contributed by atoms with E-state index in [-0.39, 0.29) is 0 Å². The summed E-state index contributed by atoms with van der Waals surface area (Å²) in [5.74, 6) is 1.68. The molecule has 2 heterocycles. The predicted octanol–water partition coefficient (Wildman–Crippen LogP) is 2.79. The second kappa shape index (κ2) is 5.40. The Bertz CT molecular complexity index is 469. The Balaban J connectivity index is 1.53. The topological polar surface area (TPSA) is 49.9 Å². The number of fused-ring (bicyclic) bond motifs is 1. The van der Waals surface area contributed by atoms with Crippen molar-refractivity contribution in [3.8, 4) is 0 Å². The zero-order chi connectivity index (χ0) is 12.2. The number of imidazole rings is 1. The number of H-pyrrole nitrogens is 1. The van der Waals surface area contributed by atoms with Crippen molar-refractivity contribution in [2.45, 2.75) is 19.3 Å². The summed E-state index contributed by atoms with van der Waals surface area (Å²) < 4.78 is 5.37. The van der Waals surface area contributed by atoms with Crippen molar-refractivity contribution < 1.29 is 4.74 Å². The highest BCUT2D eigenvalue weighted by molar-refractivity contribution is 5.77. The molecule has 1 aromatic carbocycles. The van der Waals surface area contributed by atoms with Gasteiger partial charge in [0, 0.05) is 19.8 Å². The van der Waals surface area contributed by atoms with E-state index in [9.17, 15) is 0 Å². The third-order valence-corrected chi connectivity index (χ3v) is 3.58. The van der Waals surface area contributed by atoms with E-state index in [0.29, 0.717) is 0 Å². The number of aromatic amines is 1. The van der Waals surface area contributed by atoms with Crippen LogP contribution in [0.4, 0.5) is 5.95 Å². The molecule has 4 nitrogen and oxygen atoms in total. The summed E-state index contributed by atoms with van der Waals surface area (Å²) in [5.41, 5.74) is 2.11. The lowest BCUT2D eigenvalue weighted by Gasteiger charge is -2.21. The lowest BCUT2D eigenvalue weighted by atomic mass is 9.97. The Morgan fingerprint density at radius 2 is 2.11 bits per heavy atom. The van der Waals surface area contributed by atoms with Crippen molar-refractivity contribution >= 4 is 17.0 Å². The SMILES string of the molecule is c1ccc2[nH]c(NCCC3CCOCC3)nc2c1. The first-order valence-electron chi connectivity index (χ1n) is 6.68. The summed E-state index contributed by atoms with van der Waals surface area (Å²) in [4.78, 5) is 7.79. The fourth-order valence-corrected chi connectivity index (χ4v) is 2.47. The average molecular weight is 245 g/mol. The van der Waals surface area contributed by atoms with E-state index in [0.717, 1.165) is 42.7 Å². The molecule has 0 atom stereocenters. The van der Waals surface area contributed by atoms with E-state index >= 15 is 0 Å². The van der Waals surface area contributed by atoms with Crippen LogP contribution < -0.4 is 5.32 Å². The zero-order valence-electron chi connectivity index (χ0n) is 10.5. The smallest absolute Gasteiger partial charge is 0.201 e. The summed E-state index contributed by atoms with van der Waals surface area (Å²) in [7, 11) is 0. The summed E-state index contributed by atoms with van der Waals surface area (Å²) in [6.45, 7) is 2.83. The van der Waals surface area contributed by atoms with Gasteiger partial charge in [-0.25, -0.2) is 4.98 Å². The number of para-hydroxylation sites is 2. The molecule has 0 unspecified atom stereocenters. The molecule has 1 aliphatic rings. The Labute approximate surface area is 107 Å². The molecule has 0 radical (unpaired) electrons. The van der Waals surface area contributed by atoms with Crippen LogP contribution in [-0.2, 0) is 4.74 Å². The number of benzene rings is 1. The first-order valence-corrected chi connectivity index (χ1v) is 6.68.